The molecule has 9 nitrogen and oxygen atoms in total. The Labute approximate surface area is 212 Å². The normalized spacial score (nSPS) is 15.5. The second-order valence-electron chi connectivity index (χ2n) is 8.96. The van der Waals surface area contributed by atoms with Crippen LogP contribution in [0.1, 0.15) is 26.4 Å². The number of nitrogens with zero attached hydrogens (tertiary/aromatic N) is 6. The van der Waals surface area contributed by atoms with Crippen LogP contribution in [-0.2, 0) is 4.79 Å². The van der Waals surface area contributed by atoms with E-state index in [1.54, 1.807) is 33.8 Å². The first-order valence-electron chi connectivity index (χ1n) is 11.8. The Kier molecular flexibility index (Phi) is 6.27. The second kappa shape index (κ2) is 9.70. The summed E-state index contributed by atoms with van der Waals surface area (Å²) in [6, 6.07) is 15.5. The molecular weight excluding hydrogens is 473 g/mol. The number of carbonyl (C=O) groups is 1. The number of nitriles is 1. The number of rotatable bonds is 6. The van der Waals surface area contributed by atoms with Gasteiger partial charge in [0.25, 0.3) is 5.91 Å². The Morgan fingerprint density at radius 2 is 2.00 bits per heavy atom. The fourth-order valence-corrected chi connectivity index (χ4v) is 4.34. The lowest BCUT2D eigenvalue weighted by Crippen LogP contribution is -2.49. The molecule has 1 fully saturated rings. The van der Waals surface area contributed by atoms with Crippen LogP contribution in [0.2, 0.25) is 0 Å². The number of fused-ring (bicyclic) bond motifs is 1. The maximum Gasteiger partial charge on any atom is 0.252 e. The first-order chi connectivity index (χ1) is 17.9. The number of ether oxygens (including phenoxy) is 1. The predicted octanol–water partition coefficient (Wildman–Crippen LogP) is 4.84. The van der Waals surface area contributed by atoms with Gasteiger partial charge in [-0.2, -0.15) is 10.4 Å². The van der Waals surface area contributed by atoms with Gasteiger partial charge in [-0.1, -0.05) is 32.0 Å². The van der Waals surface area contributed by atoms with Gasteiger partial charge >= 0.3 is 0 Å². The number of likely N-dealkylation sites (tertiary alicyclic amines) is 1. The van der Waals surface area contributed by atoms with E-state index in [0.29, 0.717) is 41.1 Å². The van der Waals surface area contributed by atoms with Crippen LogP contribution in [0.4, 0.5) is 10.2 Å². The van der Waals surface area contributed by atoms with Crippen molar-refractivity contribution in [2.75, 3.05) is 12.3 Å². The summed E-state index contributed by atoms with van der Waals surface area (Å²) in [6.45, 7) is 4.22. The molecular formula is C27H24FN7O2. The van der Waals surface area contributed by atoms with Crippen LogP contribution in [0.25, 0.3) is 22.3 Å². The predicted molar refractivity (Wildman–Crippen MR) is 136 cm³/mol. The molecule has 1 atom stereocenters. The van der Waals surface area contributed by atoms with Crippen LogP contribution < -0.4 is 10.5 Å². The number of aromatic nitrogens is 4. The number of hydrogen-bond donors (Lipinski definition) is 1. The van der Waals surface area contributed by atoms with Crippen molar-refractivity contribution in [3.63, 3.8) is 0 Å². The summed E-state index contributed by atoms with van der Waals surface area (Å²) in [5.41, 5.74) is 7.48. The summed E-state index contributed by atoms with van der Waals surface area (Å²) in [7, 11) is 0. The van der Waals surface area contributed by atoms with Gasteiger partial charge in [-0.3, -0.25) is 4.79 Å². The maximum atomic E-state index is 15.4. The lowest BCUT2D eigenvalue weighted by Gasteiger charge is -2.41. The van der Waals surface area contributed by atoms with E-state index >= 15 is 4.39 Å². The highest BCUT2D eigenvalue weighted by molar-refractivity contribution is 5.99. The molecule has 1 aliphatic rings. The zero-order valence-corrected chi connectivity index (χ0v) is 20.3. The number of para-hydroxylation sites is 1. The molecule has 2 N–H and O–H groups in total. The molecule has 186 valence electrons. The van der Waals surface area contributed by atoms with Crippen molar-refractivity contribution >= 4 is 22.8 Å². The summed E-state index contributed by atoms with van der Waals surface area (Å²) < 4.78 is 22.7. The molecule has 0 aliphatic carbocycles. The zero-order valence-electron chi connectivity index (χ0n) is 20.3. The molecule has 1 amide bonds. The van der Waals surface area contributed by atoms with E-state index in [0.717, 1.165) is 0 Å². The Balaban J connectivity index is 1.54. The van der Waals surface area contributed by atoms with Crippen LogP contribution >= 0.6 is 0 Å². The summed E-state index contributed by atoms with van der Waals surface area (Å²) in [6.07, 6.45) is 2.76. The van der Waals surface area contributed by atoms with Crippen molar-refractivity contribution in [1.82, 2.24) is 24.6 Å². The van der Waals surface area contributed by atoms with Gasteiger partial charge in [0, 0.05) is 36.2 Å². The Morgan fingerprint density at radius 3 is 2.65 bits per heavy atom. The maximum absolute atomic E-state index is 15.4. The van der Waals surface area contributed by atoms with Crippen LogP contribution in [0.3, 0.4) is 0 Å². The van der Waals surface area contributed by atoms with Crippen LogP contribution in [0.5, 0.6) is 11.5 Å². The third kappa shape index (κ3) is 4.36. The van der Waals surface area contributed by atoms with Gasteiger partial charge in [0.1, 0.15) is 41.3 Å². The average molecular weight is 498 g/mol. The van der Waals surface area contributed by atoms with E-state index in [4.69, 9.17) is 15.7 Å². The number of allylic oxidation sites excluding steroid dienone is 1. The van der Waals surface area contributed by atoms with Crippen molar-refractivity contribution in [3.8, 4) is 28.8 Å². The number of carbonyl (C=O) groups excluding carboxylic acids is 1. The van der Waals surface area contributed by atoms with E-state index in [-0.39, 0.29) is 28.9 Å². The number of anilines is 1. The molecule has 1 aliphatic heterocycles. The summed E-state index contributed by atoms with van der Waals surface area (Å²) in [4.78, 5) is 23.3. The van der Waals surface area contributed by atoms with Crippen molar-refractivity contribution < 1.29 is 13.9 Å². The lowest BCUT2D eigenvalue weighted by atomic mass is 9.99. The van der Waals surface area contributed by atoms with Gasteiger partial charge in [-0.05, 0) is 30.2 Å². The number of amides is 1. The molecule has 0 radical (unpaired) electrons. The molecule has 5 rings (SSSR count). The van der Waals surface area contributed by atoms with Gasteiger partial charge in [-0.15, -0.1) is 0 Å². The van der Waals surface area contributed by atoms with Gasteiger partial charge in [0.05, 0.1) is 11.5 Å². The smallest absolute Gasteiger partial charge is 0.252 e. The molecule has 0 saturated carbocycles. The first kappa shape index (κ1) is 23.9. The zero-order chi connectivity index (χ0) is 26.1. The molecule has 0 bridgehead atoms. The summed E-state index contributed by atoms with van der Waals surface area (Å²) in [5, 5.41) is 14.2. The number of benzene rings is 2. The highest BCUT2D eigenvalue weighted by Gasteiger charge is 2.38. The minimum atomic E-state index is -0.552. The van der Waals surface area contributed by atoms with Crippen molar-refractivity contribution in [3.05, 3.63) is 72.3 Å². The number of nitrogen functional groups attached to an aromatic ring is 1. The van der Waals surface area contributed by atoms with Crippen molar-refractivity contribution in [2.24, 2.45) is 5.92 Å². The third-order valence-electron chi connectivity index (χ3n) is 6.31. The van der Waals surface area contributed by atoms with Crippen molar-refractivity contribution in [1.29, 1.82) is 5.26 Å². The molecule has 2 aromatic heterocycles. The van der Waals surface area contributed by atoms with Gasteiger partial charge in [0.2, 0.25) is 0 Å². The summed E-state index contributed by atoms with van der Waals surface area (Å²) in [5.74, 6) is 0.156. The number of halogens is 1. The Hall–Kier alpha value is -4.78. The van der Waals surface area contributed by atoms with E-state index in [9.17, 15) is 4.79 Å². The van der Waals surface area contributed by atoms with Crippen LogP contribution in [0.15, 0.2) is 66.5 Å². The van der Waals surface area contributed by atoms with Gasteiger partial charge in [-0.25, -0.2) is 19.0 Å². The number of nitrogens with two attached hydrogens (primary N) is 1. The quantitative estimate of drug-likeness (QED) is 0.299. The molecule has 0 spiro atoms. The standard InChI is InChI=1S/C27H24FN7O2/c1-16(2)19(10-12-29)27(36)34-13-11-22(34)35-26-23(25(30)31-15-32-26)24(33-35)20-9-8-18(14-21(20)28)37-17-6-4-3-5-7-17/h3-10,14-16,22H,11,13H2,1-2H3,(H2,30,31,32). The molecule has 4 aromatic rings. The van der Waals surface area contributed by atoms with Gasteiger partial charge < -0.3 is 15.4 Å². The molecule has 37 heavy (non-hydrogen) atoms. The molecule has 1 saturated heterocycles. The Bertz CT molecular complexity index is 1560. The minimum Gasteiger partial charge on any atom is -0.457 e. The topological polar surface area (TPSA) is 123 Å². The summed E-state index contributed by atoms with van der Waals surface area (Å²) >= 11 is 0. The second-order valence-corrected chi connectivity index (χ2v) is 8.96. The van der Waals surface area contributed by atoms with Crippen LogP contribution in [-0.4, -0.2) is 37.1 Å². The van der Waals surface area contributed by atoms with E-state index in [1.165, 1.54) is 18.5 Å². The third-order valence-corrected chi connectivity index (χ3v) is 6.31. The molecule has 2 aromatic carbocycles. The van der Waals surface area contributed by atoms with Crippen molar-refractivity contribution in [2.45, 2.75) is 26.4 Å². The Morgan fingerprint density at radius 1 is 1.22 bits per heavy atom. The fraction of sp³-hybridized carbons (Fsp3) is 0.222. The monoisotopic (exact) mass is 497 g/mol. The first-order valence-corrected chi connectivity index (χ1v) is 11.8. The van der Waals surface area contributed by atoms with E-state index < -0.39 is 12.0 Å². The average Bonchev–Trinajstić information content (AvgIpc) is 3.22. The highest BCUT2D eigenvalue weighted by Crippen LogP contribution is 2.38. The minimum absolute atomic E-state index is 0.123. The lowest BCUT2D eigenvalue weighted by molar-refractivity contribution is -0.139. The largest absolute Gasteiger partial charge is 0.457 e. The molecule has 3 heterocycles. The van der Waals surface area contributed by atoms with Gasteiger partial charge in [0.15, 0.2) is 5.65 Å². The number of hydrogen-bond acceptors (Lipinski definition) is 7. The van der Waals surface area contributed by atoms with E-state index in [1.807, 2.05) is 38.1 Å². The van der Waals surface area contributed by atoms with E-state index in [2.05, 4.69) is 15.1 Å². The highest BCUT2D eigenvalue weighted by atomic mass is 19.1. The molecule has 1 unspecified atom stereocenters. The fourth-order valence-electron chi connectivity index (χ4n) is 4.34. The molecule has 10 heteroatoms. The van der Waals surface area contributed by atoms with Crippen LogP contribution in [0, 0.1) is 23.1 Å². The SMILES string of the molecule is CC(C)C(=CC#N)C(=O)N1CCC1n1nc(-c2ccc(Oc3ccccc3)cc2F)c2c(N)ncnc21.